The van der Waals surface area contributed by atoms with Crippen LogP contribution in [0.5, 0.6) is 0 Å². The number of carbonyl (C=O) groups is 1. The highest BCUT2D eigenvalue weighted by molar-refractivity contribution is 7.91. The Hall–Kier alpha value is -2.86. The van der Waals surface area contributed by atoms with Crippen LogP contribution in [0, 0.1) is 5.92 Å². The highest BCUT2D eigenvalue weighted by Crippen LogP contribution is 2.33. The van der Waals surface area contributed by atoms with Gasteiger partial charge in [-0.1, -0.05) is 47.7 Å². The maximum Gasteiger partial charge on any atom is 0.243 e. The first kappa shape index (κ1) is 23.9. The molecule has 0 spiro atoms. The molecule has 2 heterocycles. The van der Waals surface area contributed by atoms with Crippen LogP contribution in [-0.2, 0) is 24.7 Å². The molecule has 0 aliphatic carbocycles. The Kier molecular flexibility index (Phi) is 6.12. The molecule has 0 unspecified atom stereocenters. The molecule has 35 heavy (non-hydrogen) atoms. The fourth-order valence-electron chi connectivity index (χ4n) is 4.29. The lowest BCUT2D eigenvalue weighted by atomic mass is 9.97. The van der Waals surface area contributed by atoms with Gasteiger partial charge in [-0.05, 0) is 42.5 Å². The summed E-state index contributed by atoms with van der Waals surface area (Å²) in [5.74, 6) is -0.517. The molecular weight excluding hydrogens is 506 g/mol. The summed E-state index contributed by atoms with van der Waals surface area (Å²) in [6.45, 7) is 0.349. The fourth-order valence-corrected chi connectivity index (χ4v) is 7.55. The smallest absolute Gasteiger partial charge is 0.243 e. The average Bonchev–Trinajstić information content (AvgIpc) is 3.26. The Bertz CT molecular complexity index is 1650. The molecule has 0 saturated carbocycles. The topological polar surface area (TPSA) is 114 Å². The van der Waals surface area contributed by atoms with Crippen molar-refractivity contribution in [3.05, 3.63) is 60.7 Å². The molecule has 0 radical (unpaired) electrons. The number of carbonyl (C=O) groups excluding carboxylic acids is 1. The van der Waals surface area contributed by atoms with Gasteiger partial charge in [0.25, 0.3) is 0 Å². The van der Waals surface area contributed by atoms with Crippen LogP contribution in [0.3, 0.4) is 0 Å². The Balaban J connectivity index is 1.27. The van der Waals surface area contributed by atoms with E-state index >= 15 is 0 Å². The largest absolute Gasteiger partial charge is 0.302 e. The van der Waals surface area contributed by atoms with Gasteiger partial charge >= 0.3 is 0 Å². The predicted molar refractivity (Wildman–Crippen MR) is 137 cm³/mol. The first-order valence-electron chi connectivity index (χ1n) is 11.0. The number of amides is 1. The van der Waals surface area contributed by atoms with Gasteiger partial charge in [0.15, 0.2) is 15.0 Å². The molecule has 1 fully saturated rings. The van der Waals surface area contributed by atoms with Crippen LogP contribution < -0.4 is 5.32 Å². The standard InChI is InChI=1S/C24H23N3O5S3/c1-34(29,30)18-6-4-7-19(15-18)35(31,32)27-13-11-17(12-14-27)23(28)26-24-25-21-10-9-16-5-2-3-8-20(16)22(21)33-24/h2-10,15,17H,11-14H2,1H3,(H,25,26,28). The molecule has 1 aliphatic heterocycles. The number of fused-ring (bicyclic) bond motifs is 3. The van der Waals surface area contributed by atoms with Crippen LogP contribution in [0.25, 0.3) is 21.0 Å². The number of thiazole rings is 1. The van der Waals surface area contributed by atoms with Crippen molar-refractivity contribution in [2.24, 2.45) is 5.92 Å². The van der Waals surface area contributed by atoms with Gasteiger partial charge in [0.1, 0.15) is 0 Å². The summed E-state index contributed by atoms with van der Waals surface area (Å²) in [6, 6.07) is 17.3. The van der Waals surface area contributed by atoms with E-state index < -0.39 is 19.9 Å². The summed E-state index contributed by atoms with van der Waals surface area (Å²) in [5, 5.41) is 5.62. The summed E-state index contributed by atoms with van der Waals surface area (Å²) in [7, 11) is -7.39. The average molecular weight is 530 g/mol. The van der Waals surface area contributed by atoms with Crippen LogP contribution in [0.15, 0.2) is 70.5 Å². The summed E-state index contributed by atoms with van der Waals surface area (Å²) in [4.78, 5) is 17.4. The molecule has 1 aliphatic rings. The van der Waals surface area contributed by atoms with E-state index in [1.54, 1.807) is 0 Å². The van der Waals surface area contributed by atoms with E-state index in [0.717, 1.165) is 27.2 Å². The molecule has 1 aromatic heterocycles. The zero-order chi connectivity index (χ0) is 24.8. The summed E-state index contributed by atoms with van der Waals surface area (Å²) in [6.07, 6.45) is 1.77. The number of aromatic nitrogens is 1. The zero-order valence-electron chi connectivity index (χ0n) is 18.8. The van der Waals surface area contributed by atoms with E-state index in [9.17, 15) is 21.6 Å². The van der Waals surface area contributed by atoms with E-state index in [4.69, 9.17) is 0 Å². The minimum absolute atomic E-state index is 0.0450. The minimum atomic E-state index is -3.86. The lowest BCUT2D eigenvalue weighted by Gasteiger charge is -2.30. The number of nitrogens with zero attached hydrogens (tertiary/aromatic N) is 2. The first-order chi connectivity index (χ1) is 16.6. The van der Waals surface area contributed by atoms with Crippen molar-refractivity contribution in [2.45, 2.75) is 22.6 Å². The number of benzene rings is 3. The van der Waals surface area contributed by atoms with E-state index in [1.165, 1.54) is 39.9 Å². The SMILES string of the molecule is CS(=O)(=O)c1cccc(S(=O)(=O)N2CCC(C(=O)Nc3nc4ccc5ccccc5c4s3)CC2)c1. The number of sulfone groups is 1. The molecule has 182 valence electrons. The number of hydrogen-bond donors (Lipinski definition) is 1. The lowest BCUT2D eigenvalue weighted by Crippen LogP contribution is -2.41. The highest BCUT2D eigenvalue weighted by Gasteiger charge is 2.33. The van der Waals surface area contributed by atoms with Crippen LogP contribution >= 0.6 is 11.3 Å². The molecular formula is C24H23N3O5S3. The highest BCUT2D eigenvalue weighted by atomic mass is 32.2. The van der Waals surface area contributed by atoms with E-state index in [-0.39, 0.29) is 34.7 Å². The first-order valence-corrected chi connectivity index (χ1v) is 15.2. The molecule has 1 saturated heterocycles. The molecule has 0 atom stereocenters. The van der Waals surface area contributed by atoms with Crippen molar-refractivity contribution in [3.8, 4) is 0 Å². The van der Waals surface area contributed by atoms with Crippen LogP contribution in [0.2, 0.25) is 0 Å². The number of anilines is 1. The number of nitrogens with one attached hydrogen (secondary N) is 1. The molecule has 3 aromatic carbocycles. The van der Waals surface area contributed by atoms with Gasteiger partial charge in [-0.15, -0.1) is 0 Å². The molecule has 5 rings (SSSR count). The molecule has 1 N–H and O–H groups in total. The molecule has 8 nitrogen and oxygen atoms in total. The number of rotatable bonds is 5. The summed E-state index contributed by atoms with van der Waals surface area (Å²) >= 11 is 1.43. The summed E-state index contributed by atoms with van der Waals surface area (Å²) in [5.41, 5.74) is 0.821. The van der Waals surface area contributed by atoms with Crippen LogP contribution in [0.4, 0.5) is 5.13 Å². The number of piperidine rings is 1. The third kappa shape index (κ3) is 4.68. The van der Waals surface area contributed by atoms with Gasteiger partial charge in [-0.3, -0.25) is 4.79 Å². The number of hydrogen-bond acceptors (Lipinski definition) is 7. The summed E-state index contributed by atoms with van der Waals surface area (Å²) < 4.78 is 52.1. The normalized spacial score (nSPS) is 16.0. The van der Waals surface area contributed by atoms with Crippen LogP contribution in [0.1, 0.15) is 12.8 Å². The van der Waals surface area contributed by atoms with Crippen molar-refractivity contribution in [2.75, 3.05) is 24.7 Å². The number of sulfonamides is 1. The molecule has 4 aromatic rings. The third-order valence-corrected chi connectivity index (χ3v) is 10.2. The molecule has 0 bridgehead atoms. The van der Waals surface area contributed by atoms with Crippen molar-refractivity contribution >= 4 is 63.2 Å². The lowest BCUT2D eigenvalue weighted by molar-refractivity contribution is -0.120. The van der Waals surface area contributed by atoms with Crippen molar-refractivity contribution in [3.63, 3.8) is 0 Å². The van der Waals surface area contributed by atoms with Crippen molar-refractivity contribution < 1.29 is 21.6 Å². The Morgan fingerprint density at radius 2 is 1.69 bits per heavy atom. The molecule has 1 amide bonds. The Labute approximate surface area is 207 Å². The van der Waals surface area contributed by atoms with Gasteiger partial charge in [0, 0.05) is 30.6 Å². The second-order valence-corrected chi connectivity index (χ2v) is 13.5. The van der Waals surface area contributed by atoms with E-state index in [0.29, 0.717) is 18.0 Å². The fraction of sp³-hybridized carbons (Fsp3) is 0.250. The van der Waals surface area contributed by atoms with E-state index in [2.05, 4.69) is 10.3 Å². The second-order valence-electron chi connectivity index (χ2n) is 8.57. The van der Waals surface area contributed by atoms with Gasteiger partial charge in [-0.2, -0.15) is 4.31 Å². The maximum atomic E-state index is 13.1. The maximum absolute atomic E-state index is 13.1. The molecule has 11 heteroatoms. The third-order valence-electron chi connectivity index (χ3n) is 6.21. The van der Waals surface area contributed by atoms with Gasteiger partial charge in [0.2, 0.25) is 15.9 Å². The van der Waals surface area contributed by atoms with Crippen LogP contribution in [-0.4, -0.2) is 51.4 Å². The van der Waals surface area contributed by atoms with Gasteiger partial charge in [-0.25, -0.2) is 21.8 Å². The Morgan fingerprint density at radius 1 is 0.971 bits per heavy atom. The van der Waals surface area contributed by atoms with Gasteiger partial charge < -0.3 is 5.32 Å². The Morgan fingerprint density at radius 3 is 2.43 bits per heavy atom. The van der Waals surface area contributed by atoms with E-state index in [1.807, 2.05) is 36.4 Å². The zero-order valence-corrected chi connectivity index (χ0v) is 21.3. The quantitative estimate of drug-likeness (QED) is 0.420. The van der Waals surface area contributed by atoms with Crippen molar-refractivity contribution in [1.82, 2.24) is 9.29 Å². The van der Waals surface area contributed by atoms with Gasteiger partial charge in [0.05, 0.1) is 20.0 Å². The monoisotopic (exact) mass is 529 g/mol. The minimum Gasteiger partial charge on any atom is -0.302 e. The van der Waals surface area contributed by atoms with Crippen molar-refractivity contribution in [1.29, 1.82) is 0 Å². The predicted octanol–water partition coefficient (Wildman–Crippen LogP) is 3.89. The second kappa shape index (κ2) is 8.98.